The Morgan fingerprint density at radius 2 is 2.12 bits per heavy atom. The number of halogens is 1. The van der Waals surface area contributed by atoms with Crippen LogP contribution < -0.4 is 10.1 Å². The Morgan fingerprint density at radius 1 is 1.31 bits per heavy atom. The molecular weight excluding hydrogens is 416 g/mol. The van der Waals surface area contributed by atoms with E-state index in [0.717, 1.165) is 21.3 Å². The number of carbonyl (C=O) groups excluding carboxylic acids is 1. The summed E-state index contributed by atoms with van der Waals surface area (Å²) in [5, 5.41) is 10.4. The summed E-state index contributed by atoms with van der Waals surface area (Å²) in [5.74, 6) is 1.42. The number of nitrogens with zero attached hydrogens (tertiary/aromatic N) is 2. The van der Waals surface area contributed by atoms with Crippen LogP contribution >= 0.6 is 27.7 Å². The summed E-state index contributed by atoms with van der Waals surface area (Å²) < 4.78 is 6.29. The lowest BCUT2D eigenvalue weighted by Crippen LogP contribution is -2.14. The molecule has 134 valence electrons. The van der Waals surface area contributed by atoms with Gasteiger partial charge in [-0.15, -0.1) is 5.10 Å². The lowest BCUT2D eigenvalue weighted by atomic mass is 10.2. The Bertz CT molecular complexity index is 929. The first-order valence-electron chi connectivity index (χ1n) is 7.81. The number of thioether (sulfide) groups is 1. The van der Waals surface area contributed by atoms with Crippen molar-refractivity contribution in [1.29, 1.82) is 0 Å². The third-order valence-corrected chi connectivity index (χ3v) is 5.32. The van der Waals surface area contributed by atoms with Gasteiger partial charge < -0.3 is 10.1 Å². The molecule has 0 unspecified atom stereocenters. The minimum absolute atomic E-state index is 0.116. The van der Waals surface area contributed by atoms with Crippen molar-refractivity contribution in [1.82, 2.24) is 15.2 Å². The molecular formula is C18H17BrN4O2S. The van der Waals surface area contributed by atoms with Gasteiger partial charge in [-0.1, -0.05) is 45.9 Å². The number of para-hydroxylation sites is 1. The molecule has 3 rings (SSSR count). The first kappa shape index (κ1) is 18.5. The van der Waals surface area contributed by atoms with Crippen molar-refractivity contribution in [2.75, 3.05) is 18.2 Å². The number of nitrogens with one attached hydrogen (secondary N) is 2. The summed E-state index contributed by atoms with van der Waals surface area (Å²) >= 11 is 4.72. The van der Waals surface area contributed by atoms with E-state index in [0.29, 0.717) is 16.7 Å². The first-order chi connectivity index (χ1) is 12.6. The molecule has 0 radical (unpaired) electrons. The van der Waals surface area contributed by atoms with Gasteiger partial charge in [0.1, 0.15) is 5.75 Å². The number of hydrogen-bond donors (Lipinski definition) is 2. The van der Waals surface area contributed by atoms with Gasteiger partial charge in [0.2, 0.25) is 11.1 Å². The fraction of sp³-hybridized carbons (Fsp3) is 0.167. The molecule has 6 nitrogen and oxygen atoms in total. The van der Waals surface area contributed by atoms with E-state index in [1.54, 1.807) is 7.11 Å². The van der Waals surface area contributed by atoms with Crippen LogP contribution in [0.4, 0.5) is 5.69 Å². The largest absolute Gasteiger partial charge is 0.496 e. The zero-order valence-electron chi connectivity index (χ0n) is 14.2. The summed E-state index contributed by atoms with van der Waals surface area (Å²) in [7, 11) is 1.61. The standard InChI is InChI=1S/C18H17BrN4O2S/c1-11-7-8-12(9-14(11)19)20-16(24)10-26-18-21-17(22-23-18)13-5-3-4-6-15(13)25-2/h3-9H,10H2,1-2H3,(H,20,24)(H,21,22,23). The molecule has 2 N–H and O–H groups in total. The fourth-order valence-corrected chi connectivity index (χ4v) is 3.25. The van der Waals surface area contributed by atoms with Crippen LogP contribution in [0.1, 0.15) is 5.56 Å². The summed E-state index contributed by atoms with van der Waals surface area (Å²) in [6, 6.07) is 13.2. The van der Waals surface area contributed by atoms with Gasteiger partial charge in [0, 0.05) is 10.2 Å². The molecule has 0 atom stereocenters. The number of hydrogen-bond acceptors (Lipinski definition) is 5. The van der Waals surface area contributed by atoms with E-state index in [2.05, 4.69) is 36.4 Å². The molecule has 0 aliphatic rings. The minimum atomic E-state index is -0.116. The van der Waals surface area contributed by atoms with Gasteiger partial charge in [0.05, 0.1) is 18.4 Å². The number of aryl methyl sites for hydroxylation is 1. The Kier molecular flexibility index (Phi) is 5.95. The minimum Gasteiger partial charge on any atom is -0.496 e. The third-order valence-electron chi connectivity index (χ3n) is 3.61. The number of anilines is 1. The van der Waals surface area contributed by atoms with Crippen molar-refractivity contribution in [2.24, 2.45) is 0 Å². The van der Waals surface area contributed by atoms with Crippen LogP contribution in [0.3, 0.4) is 0 Å². The monoisotopic (exact) mass is 432 g/mol. The summed E-state index contributed by atoms with van der Waals surface area (Å²) in [6.07, 6.45) is 0. The van der Waals surface area contributed by atoms with Crippen molar-refractivity contribution in [2.45, 2.75) is 12.1 Å². The van der Waals surface area contributed by atoms with Crippen LogP contribution in [0.15, 0.2) is 52.1 Å². The van der Waals surface area contributed by atoms with Crippen LogP contribution in [0.2, 0.25) is 0 Å². The van der Waals surface area contributed by atoms with E-state index in [1.165, 1.54) is 11.8 Å². The maximum absolute atomic E-state index is 12.1. The van der Waals surface area contributed by atoms with Crippen molar-refractivity contribution in [3.63, 3.8) is 0 Å². The summed E-state index contributed by atoms with van der Waals surface area (Å²) in [4.78, 5) is 16.5. The number of aromatic nitrogens is 3. The number of methoxy groups -OCH3 is 1. The molecule has 1 aromatic heterocycles. The van der Waals surface area contributed by atoms with Crippen LogP contribution in [-0.4, -0.2) is 34.0 Å². The van der Waals surface area contributed by atoms with E-state index in [4.69, 9.17) is 4.74 Å². The van der Waals surface area contributed by atoms with Gasteiger partial charge in [0.25, 0.3) is 0 Å². The smallest absolute Gasteiger partial charge is 0.234 e. The average Bonchev–Trinajstić information content (AvgIpc) is 3.12. The predicted molar refractivity (Wildman–Crippen MR) is 107 cm³/mol. The van der Waals surface area contributed by atoms with Gasteiger partial charge >= 0.3 is 0 Å². The number of amides is 1. The molecule has 2 aromatic carbocycles. The summed E-state index contributed by atoms with van der Waals surface area (Å²) in [5.41, 5.74) is 2.68. The second kappa shape index (κ2) is 8.37. The van der Waals surface area contributed by atoms with Crippen LogP contribution in [0.25, 0.3) is 11.4 Å². The molecule has 0 saturated carbocycles. The predicted octanol–water partition coefficient (Wildman–Crippen LogP) is 4.28. The van der Waals surface area contributed by atoms with Crippen molar-refractivity contribution in [3.05, 3.63) is 52.5 Å². The molecule has 1 heterocycles. The highest BCUT2D eigenvalue weighted by Gasteiger charge is 2.12. The Morgan fingerprint density at radius 3 is 2.88 bits per heavy atom. The first-order valence-corrected chi connectivity index (χ1v) is 9.59. The van der Waals surface area contributed by atoms with Gasteiger partial charge in [0.15, 0.2) is 5.82 Å². The molecule has 8 heteroatoms. The normalized spacial score (nSPS) is 10.6. The summed E-state index contributed by atoms with van der Waals surface area (Å²) in [6.45, 7) is 1.99. The SMILES string of the molecule is COc1ccccc1-c1nc(SCC(=O)Nc2ccc(C)c(Br)c2)n[nH]1. The van der Waals surface area contributed by atoms with Gasteiger partial charge in [-0.2, -0.15) is 0 Å². The maximum Gasteiger partial charge on any atom is 0.234 e. The molecule has 3 aromatic rings. The number of carbonyl (C=O) groups is 1. The second-order valence-corrected chi connectivity index (χ2v) is 7.26. The van der Waals surface area contributed by atoms with Crippen molar-refractivity contribution in [3.8, 4) is 17.1 Å². The van der Waals surface area contributed by atoms with Crippen molar-refractivity contribution >= 4 is 39.3 Å². The van der Waals surface area contributed by atoms with Gasteiger partial charge in [-0.3, -0.25) is 9.89 Å². The molecule has 0 aliphatic carbocycles. The Hall–Kier alpha value is -2.32. The topological polar surface area (TPSA) is 79.9 Å². The van der Waals surface area contributed by atoms with E-state index in [9.17, 15) is 4.79 Å². The number of H-pyrrole nitrogens is 1. The third kappa shape index (κ3) is 4.44. The highest BCUT2D eigenvalue weighted by atomic mass is 79.9. The van der Waals surface area contributed by atoms with E-state index in [-0.39, 0.29) is 11.7 Å². The van der Waals surface area contributed by atoms with Gasteiger partial charge in [-0.05, 0) is 36.8 Å². The van der Waals surface area contributed by atoms with Crippen molar-refractivity contribution < 1.29 is 9.53 Å². The quantitative estimate of drug-likeness (QED) is 0.568. The molecule has 0 saturated heterocycles. The molecule has 26 heavy (non-hydrogen) atoms. The fourth-order valence-electron chi connectivity index (χ4n) is 2.27. The van der Waals surface area contributed by atoms with E-state index >= 15 is 0 Å². The number of ether oxygens (including phenoxy) is 1. The zero-order chi connectivity index (χ0) is 18.5. The Balaban J connectivity index is 1.61. The van der Waals surface area contributed by atoms with E-state index < -0.39 is 0 Å². The van der Waals surface area contributed by atoms with Gasteiger partial charge in [-0.25, -0.2) is 4.98 Å². The van der Waals surface area contributed by atoms with Crippen LogP contribution in [-0.2, 0) is 4.79 Å². The average molecular weight is 433 g/mol. The van der Waals surface area contributed by atoms with Crippen LogP contribution in [0, 0.1) is 6.92 Å². The highest BCUT2D eigenvalue weighted by Crippen LogP contribution is 2.28. The zero-order valence-corrected chi connectivity index (χ0v) is 16.6. The maximum atomic E-state index is 12.1. The Labute approximate surface area is 163 Å². The van der Waals surface area contributed by atoms with Crippen LogP contribution in [0.5, 0.6) is 5.75 Å². The molecule has 0 aliphatic heterocycles. The lowest BCUT2D eigenvalue weighted by Gasteiger charge is -2.06. The molecule has 0 fully saturated rings. The molecule has 1 amide bonds. The molecule has 0 bridgehead atoms. The lowest BCUT2D eigenvalue weighted by molar-refractivity contribution is -0.113. The van der Waals surface area contributed by atoms with E-state index in [1.807, 2.05) is 49.4 Å². The number of aromatic amines is 1. The highest BCUT2D eigenvalue weighted by molar-refractivity contribution is 9.10. The second-order valence-electron chi connectivity index (χ2n) is 5.47. The number of benzene rings is 2. The number of rotatable bonds is 6. The molecule has 0 spiro atoms.